The fraction of sp³-hybridized carbons (Fsp3) is 0.654. The highest BCUT2D eigenvalue weighted by molar-refractivity contribution is 5.98. The number of carbonyl (C=O) groups excluding carboxylic acids is 3. The fourth-order valence-corrected chi connectivity index (χ4v) is 6.08. The van der Waals surface area contributed by atoms with Crippen LogP contribution < -0.4 is 15.4 Å². The number of aryl methyl sites for hydroxylation is 1. The lowest BCUT2D eigenvalue weighted by molar-refractivity contribution is -0.138. The first-order chi connectivity index (χ1) is 16.9. The second kappa shape index (κ2) is 10.2. The molecule has 1 aromatic rings. The summed E-state index contributed by atoms with van der Waals surface area (Å²) >= 11 is 0. The van der Waals surface area contributed by atoms with Gasteiger partial charge in [0.2, 0.25) is 11.8 Å². The largest absolute Gasteiger partial charge is 0.496 e. The number of hydrogen-bond donors (Lipinski definition) is 2. The van der Waals surface area contributed by atoms with Gasteiger partial charge in [0, 0.05) is 30.7 Å². The molecule has 9 nitrogen and oxygen atoms in total. The molecule has 1 aromatic carbocycles. The lowest BCUT2D eigenvalue weighted by Gasteiger charge is -2.41. The normalized spacial score (nSPS) is 30.2. The van der Waals surface area contributed by atoms with Gasteiger partial charge >= 0.3 is 0 Å². The van der Waals surface area contributed by atoms with E-state index in [1.807, 2.05) is 30.0 Å². The number of ketones is 1. The zero-order valence-electron chi connectivity index (χ0n) is 20.6. The van der Waals surface area contributed by atoms with Gasteiger partial charge in [-0.05, 0) is 69.5 Å². The van der Waals surface area contributed by atoms with Crippen molar-refractivity contribution in [1.82, 2.24) is 20.4 Å². The standard InChI is InChI=1S/C26H36N4O5/c1-16-13-18(3-4-22(16)34-2)24(31)17-5-9-29(10-6-17)21-7-11-30(26(21)33)14-23-27-20-8-12-35-15-19(20)25(32)28-23/h3-4,13,17,19-21,23,27H,5-12,14-15H2,1-2H3,(H,28,32)/t19?,20?,21-,23?/m1/s1. The highest BCUT2D eigenvalue weighted by Crippen LogP contribution is 2.28. The maximum atomic E-state index is 13.2. The molecule has 0 aliphatic carbocycles. The number of methoxy groups -OCH3 is 1. The van der Waals surface area contributed by atoms with E-state index >= 15 is 0 Å². The van der Waals surface area contributed by atoms with Gasteiger partial charge in [0.15, 0.2) is 5.78 Å². The molecule has 2 N–H and O–H groups in total. The van der Waals surface area contributed by atoms with E-state index < -0.39 is 0 Å². The van der Waals surface area contributed by atoms with Gasteiger partial charge in [-0.1, -0.05) is 0 Å². The zero-order valence-corrected chi connectivity index (χ0v) is 20.6. The molecule has 9 heteroatoms. The number of carbonyl (C=O) groups is 3. The van der Waals surface area contributed by atoms with E-state index in [-0.39, 0.29) is 47.7 Å². The third-order valence-electron chi connectivity index (χ3n) is 8.12. The SMILES string of the molecule is COc1ccc(C(=O)C2CCN([C@@H]3CCN(CC4NC(=O)C5COCCC5N4)C3=O)CC2)cc1C. The summed E-state index contributed by atoms with van der Waals surface area (Å²) in [6.45, 7) is 5.74. The molecule has 0 saturated carbocycles. The Morgan fingerprint density at radius 2 is 1.94 bits per heavy atom. The number of fused-ring (bicyclic) bond motifs is 1. The lowest BCUT2D eigenvalue weighted by Crippen LogP contribution is -2.66. The van der Waals surface area contributed by atoms with Gasteiger partial charge in [-0.25, -0.2) is 0 Å². The number of ether oxygens (including phenoxy) is 2. The van der Waals surface area contributed by atoms with Gasteiger partial charge in [-0.2, -0.15) is 0 Å². The Morgan fingerprint density at radius 3 is 2.69 bits per heavy atom. The van der Waals surface area contributed by atoms with E-state index in [1.165, 1.54) is 0 Å². The number of piperidine rings is 1. The third-order valence-corrected chi connectivity index (χ3v) is 8.12. The number of nitrogens with zero attached hydrogens (tertiary/aromatic N) is 2. The van der Waals surface area contributed by atoms with Crippen LogP contribution in [0.15, 0.2) is 18.2 Å². The number of likely N-dealkylation sites (tertiary alicyclic amines) is 2. The molecule has 5 rings (SSSR count). The number of rotatable bonds is 6. The number of nitrogens with one attached hydrogen (secondary N) is 2. The summed E-state index contributed by atoms with van der Waals surface area (Å²) < 4.78 is 10.7. The monoisotopic (exact) mass is 484 g/mol. The first kappa shape index (κ1) is 24.2. The molecule has 4 atom stereocenters. The average molecular weight is 485 g/mol. The van der Waals surface area contributed by atoms with Crippen molar-refractivity contribution in [3.8, 4) is 5.75 Å². The van der Waals surface area contributed by atoms with Gasteiger partial charge in [-0.3, -0.25) is 24.6 Å². The van der Waals surface area contributed by atoms with Crippen molar-refractivity contribution in [3.05, 3.63) is 29.3 Å². The summed E-state index contributed by atoms with van der Waals surface area (Å²) in [4.78, 5) is 42.9. The summed E-state index contributed by atoms with van der Waals surface area (Å²) in [7, 11) is 1.63. The smallest absolute Gasteiger partial charge is 0.240 e. The maximum absolute atomic E-state index is 13.2. The fourth-order valence-electron chi connectivity index (χ4n) is 6.08. The van der Waals surface area contributed by atoms with Gasteiger partial charge in [0.1, 0.15) is 5.75 Å². The maximum Gasteiger partial charge on any atom is 0.240 e. The molecule has 3 unspecified atom stereocenters. The Kier molecular flexibility index (Phi) is 7.09. The van der Waals surface area contributed by atoms with E-state index in [0.717, 1.165) is 55.6 Å². The van der Waals surface area contributed by atoms with Crippen LogP contribution in [0.3, 0.4) is 0 Å². The van der Waals surface area contributed by atoms with Crippen LogP contribution in [0.1, 0.15) is 41.6 Å². The van der Waals surface area contributed by atoms with Crippen LogP contribution in [0.25, 0.3) is 0 Å². The van der Waals surface area contributed by atoms with E-state index in [1.54, 1.807) is 7.11 Å². The summed E-state index contributed by atoms with van der Waals surface area (Å²) in [5, 5.41) is 6.53. The van der Waals surface area contributed by atoms with Crippen molar-refractivity contribution in [2.24, 2.45) is 11.8 Å². The summed E-state index contributed by atoms with van der Waals surface area (Å²) in [6.07, 6.45) is 2.91. The van der Waals surface area contributed by atoms with Crippen LogP contribution in [0, 0.1) is 18.8 Å². The molecular weight excluding hydrogens is 448 g/mol. The topological polar surface area (TPSA) is 100 Å². The summed E-state index contributed by atoms with van der Waals surface area (Å²) in [5.41, 5.74) is 1.70. The van der Waals surface area contributed by atoms with Crippen LogP contribution in [0.2, 0.25) is 0 Å². The number of amides is 2. The highest BCUT2D eigenvalue weighted by atomic mass is 16.5. The molecule has 0 spiro atoms. The molecule has 35 heavy (non-hydrogen) atoms. The van der Waals surface area contributed by atoms with Gasteiger partial charge < -0.3 is 19.7 Å². The van der Waals surface area contributed by atoms with Crippen molar-refractivity contribution in [3.63, 3.8) is 0 Å². The molecule has 0 radical (unpaired) electrons. The molecular formula is C26H36N4O5. The quantitative estimate of drug-likeness (QED) is 0.580. The molecule has 0 aromatic heterocycles. The molecule has 4 heterocycles. The Bertz CT molecular complexity index is 976. The van der Waals surface area contributed by atoms with Crippen molar-refractivity contribution in [2.45, 2.75) is 50.9 Å². The Labute approximate surface area is 206 Å². The summed E-state index contributed by atoms with van der Waals surface area (Å²) in [6, 6.07) is 5.59. The lowest BCUT2D eigenvalue weighted by atomic mass is 9.87. The molecule has 2 amide bonds. The Hall–Kier alpha value is -2.49. The first-order valence-electron chi connectivity index (χ1n) is 12.8. The molecule has 4 aliphatic rings. The van der Waals surface area contributed by atoms with Crippen LogP contribution in [-0.4, -0.2) is 92.1 Å². The van der Waals surface area contributed by atoms with E-state index in [4.69, 9.17) is 9.47 Å². The van der Waals surface area contributed by atoms with Gasteiger partial charge in [-0.15, -0.1) is 0 Å². The van der Waals surface area contributed by atoms with Gasteiger partial charge in [0.05, 0.1) is 38.4 Å². The average Bonchev–Trinajstić information content (AvgIpc) is 3.23. The third kappa shape index (κ3) is 4.94. The predicted molar refractivity (Wildman–Crippen MR) is 129 cm³/mol. The number of hydrogen-bond acceptors (Lipinski definition) is 7. The first-order valence-corrected chi connectivity index (χ1v) is 12.8. The zero-order chi connectivity index (χ0) is 24.5. The Balaban J connectivity index is 1.13. The highest BCUT2D eigenvalue weighted by Gasteiger charge is 2.42. The van der Waals surface area contributed by atoms with Crippen molar-refractivity contribution >= 4 is 17.6 Å². The van der Waals surface area contributed by atoms with Gasteiger partial charge in [0.25, 0.3) is 0 Å². The van der Waals surface area contributed by atoms with Crippen LogP contribution in [0.4, 0.5) is 0 Å². The minimum absolute atomic E-state index is 0.0132. The number of benzene rings is 1. The summed E-state index contributed by atoms with van der Waals surface area (Å²) in [5.74, 6) is 0.955. The van der Waals surface area contributed by atoms with E-state index in [0.29, 0.717) is 26.3 Å². The second-order valence-electron chi connectivity index (χ2n) is 10.3. The molecule has 0 bridgehead atoms. The minimum atomic E-state index is -0.221. The second-order valence-corrected chi connectivity index (χ2v) is 10.3. The molecule has 4 saturated heterocycles. The molecule has 190 valence electrons. The van der Waals surface area contributed by atoms with Crippen molar-refractivity contribution < 1.29 is 23.9 Å². The van der Waals surface area contributed by atoms with Crippen molar-refractivity contribution in [2.75, 3.05) is 46.5 Å². The minimum Gasteiger partial charge on any atom is -0.496 e. The Morgan fingerprint density at radius 1 is 1.14 bits per heavy atom. The number of Topliss-reactive ketones (excluding diaryl/α,β-unsaturated/α-hetero) is 1. The van der Waals surface area contributed by atoms with Crippen LogP contribution >= 0.6 is 0 Å². The van der Waals surface area contributed by atoms with Crippen molar-refractivity contribution in [1.29, 1.82) is 0 Å². The van der Waals surface area contributed by atoms with E-state index in [2.05, 4.69) is 15.5 Å². The molecule has 4 aliphatic heterocycles. The van der Waals surface area contributed by atoms with Crippen LogP contribution in [0.5, 0.6) is 5.75 Å². The molecule has 4 fully saturated rings. The van der Waals surface area contributed by atoms with E-state index in [9.17, 15) is 14.4 Å². The van der Waals surface area contributed by atoms with Crippen LogP contribution in [-0.2, 0) is 14.3 Å². The predicted octanol–water partition coefficient (Wildman–Crippen LogP) is 0.950.